The fraction of sp³-hybridized carbons (Fsp3) is 0.297. The van der Waals surface area contributed by atoms with Gasteiger partial charge in [0.25, 0.3) is 10.0 Å². The highest BCUT2D eigenvalue weighted by Gasteiger charge is 2.35. The second-order valence-corrected chi connectivity index (χ2v) is 14.6. The molecule has 2 amide bonds. The van der Waals surface area contributed by atoms with Crippen molar-refractivity contribution in [3.63, 3.8) is 0 Å². The van der Waals surface area contributed by atoms with Gasteiger partial charge in [0.2, 0.25) is 11.8 Å². The number of sulfonamides is 1. The number of halogens is 1. The number of benzene rings is 4. The lowest BCUT2D eigenvalue weighted by Gasteiger charge is -2.35. The van der Waals surface area contributed by atoms with E-state index in [0.29, 0.717) is 11.3 Å². The molecule has 1 saturated carbocycles. The molecule has 46 heavy (non-hydrogen) atoms. The van der Waals surface area contributed by atoms with Gasteiger partial charge < -0.3 is 10.2 Å². The topological polar surface area (TPSA) is 86.8 Å². The van der Waals surface area contributed by atoms with Crippen molar-refractivity contribution in [2.45, 2.75) is 69.0 Å². The number of carbonyl (C=O) groups is 2. The fourth-order valence-electron chi connectivity index (χ4n) is 6.01. The molecule has 7 nitrogen and oxygen atoms in total. The van der Waals surface area contributed by atoms with E-state index in [0.717, 1.165) is 47.7 Å². The molecule has 4 aromatic rings. The van der Waals surface area contributed by atoms with Gasteiger partial charge in [-0.25, -0.2) is 8.42 Å². The molecule has 1 fully saturated rings. The Morgan fingerprint density at radius 2 is 1.46 bits per heavy atom. The fourth-order valence-corrected chi connectivity index (χ4v) is 7.95. The van der Waals surface area contributed by atoms with Crippen LogP contribution in [0.4, 0.5) is 5.69 Å². The van der Waals surface area contributed by atoms with E-state index < -0.39 is 28.5 Å². The molecule has 1 atom stereocenters. The zero-order valence-electron chi connectivity index (χ0n) is 26.0. The predicted octanol–water partition coefficient (Wildman–Crippen LogP) is 7.04. The minimum Gasteiger partial charge on any atom is -0.352 e. The Morgan fingerprint density at radius 1 is 0.826 bits per heavy atom. The zero-order valence-corrected chi connectivity index (χ0v) is 28.4. The molecular formula is C37H40BrN3O4S. The monoisotopic (exact) mass is 701 g/mol. The van der Waals surface area contributed by atoms with Crippen molar-refractivity contribution in [3.05, 3.63) is 130 Å². The summed E-state index contributed by atoms with van der Waals surface area (Å²) in [6.07, 6.45) is 5.35. The summed E-state index contributed by atoms with van der Waals surface area (Å²) in [7, 11) is -4.13. The molecule has 0 spiro atoms. The van der Waals surface area contributed by atoms with E-state index in [9.17, 15) is 18.0 Å². The highest BCUT2D eigenvalue weighted by Crippen LogP contribution is 2.28. The summed E-state index contributed by atoms with van der Waals surface area (Å²) in [5.74, 6) is -0.699. The number of nitrogens with zero attached hydrogens (tertiary/aromatic N) is 2. The second-order valence-electron chi connectivity index (χ2n) is 11.8. The van der Waals surface area contributed by atoms with Crippen molar-refractivity contribution in [3.8, 4) is 0 Å². The molecule has 0 aliphatic heterocycles. The van der Waals surface area contributed by atoms with Gasteiger partial charge in [-0.3, -0.25) is 13.9 Å². The third kappa shape index (κ3) is 8.44. The number of aryl methyl sites for hydroxylation is 1. The number of anilines is 1. The molecule has 240 valence electrons. The van der Waals surface area contributed by atoms with Gasteiger partial charge in [0.05, 0.1) is 10.6 Å². The predicted molar refractivity (Wildman–Crippen MR) is 186 cm³/mol. The van der Waals surface area contributed by atoms with Crippen molar-refractivity contribution in [2.75, 3.05) is 10.8 Å². The average Bonchev–Trinajstić information content (AvgIpc) is 3.07. The zero-order chi connectivity index (χ0) is 32.5. The molecule has 1 aliphatic carbocycles. The normalized spacial score (nSPS) is 14.3. The van der Waals surface area contributed by atoms with Crippen LogP contribution in [-0.2, 0) is 32.6 Å². The van der Waals surface area contributed by atoms with Crippen molar-refractivity contribution in [1.29, 1.82) is 0 Å². The Balaban J connectivity index is 1.56. The third-order valence-corrected chi connectivity index (χ3v) is 10.7. The van der Waals surface area contributed by atoms with Gasteiger partial charge in [-0.05, 0) is 66.8 Å². The summed E-state index contributed by atoms with van der Waals surface area (Å²) < 4.78 is 30.4. The van der Waals surface area contributed by atoms with E-state index in [-0.39, 0.29) is 29.8 Å². The minimum absolute atomic E-state index is 0.0456. The van der Waals surface area contributed by atoms with Gasteiger partial charge in [-0.15, -0.1) is 0 Å². The molecule has 1 unspecified atom stereocenters. The van der Waals surface area contributed by atoms with Gasteiger partial charge >= 0.3 is 0 Å². The summed E-state index contributed by atoms with van der Waals surface area (Å²) in [6.45, 7) is 1.47. The third-order valence-electron chi connectivity index (χ3n) is 8.46. The van der Waals surface area contributed by atoms with Crippen LogP contribution in [-0.4, -0.2) is 43.8 Å². The quantitative estimate of drug-likeness (QED) is 0.172. The summed E-state index contributed by atoms with van der Waals surface area (Å²) in [5.41, 5.74) is 2.85. The van der Waals surface area contributed by atoms with Crippen LogP contribution in [0.2, 0.25) is 0 Å². The Bertz CT molecular complexity index is 1730. The Labute approximate surface area is 280 Å². The molecule has 4 aromatic carbocycles. The van der Waals surface area contributed by atoms with Crippen molar-refractivity contribution in [1.82, 2.24) is 10.2 Å². The highest BCUT2D eigenvalue weighted by molar-refractivity contribution is 9.10. The van der Waals surface area contributed by atoms with Crippen molar-refractivity contribution < 1.29 is 18.0 Å². The number of carbonyl (C=O) groups excluding carboxylic acids is 2. The molecule has 1 N–H and O–H groups in total. The van der Waals surface area contributed by atoms with Crippen LogP contribution < -0.4 is 9.62 Å². The lowest BCUT2D eigenvalue weighted by atomic mass is 9.94. The molecule has 0 bridgehead atoms. The standard InChI is InChI=1S/C37H40BrN3O4S/c1-28-14-11-12-23-34(28)41(46(44,45)33-21-9-4-10-22-33)27-36(42)40(26-30-17-13-18-31(38)24-30)35(25-29-15-5-2-6-16-29)37(43)39-32-19-7-3-8-20-32/h2,4-6,9-18,21-24,32,35H,3,7-8,19-20,25-27H2,1H3,(H,39,43). The number of amides is 2. The van der Waals surface area contributed by atoms with Crippen LogP contribution in [0.5, 0.6) is 0 Å². The van der Waals surface area contributed by atoms with Crippen LogP contribution in [0.15, 0.2) is 119 Å². The number of hydrogen-bond donors (Lipinski definition) is 1. The van der Waals surface area contributed by atoms with Gasteiger partial charge in [0.1, 0.15) is 12.6 Å². The average molecular weight is 703 g/mol. The molecule has 0 saturated heterocycles. The minimum atomic E-state index is -4.13. The maximum atomic E-state index is 14.7. The van der Waals surface area contributed by atoms with E-state index in [4.69, 9.17) is 0 Å². The number of hydrogen-bond acceptors (Lipinski definition) is 4. The lowest BCUT2D eigenvalue weighted by molar-refractivity contribution is -0.140. The van der Waals surface area contributed by atoms with Crippen molar-refractivity contribution in [2.24, 2.45) is 0 Å². The van der Waals surface area contributed by atoms with E-state index in [2.05, 4.69) is 21.2 Å². The van der Waals surface area contributed by atoms with E-state index in [1.807, 2.05) is 73.7 Å². The molecule has 0 radical (unpaired) electrons. The number of rotatable bonds is 12. The van der Waals surface area contributed by atoms with Crippen LogP contribution in [0, 0.1) is 6.92 Å². The Hall–Kier alpha value is -3.95. The van der Waals surface area contributed by atoms with Crippen LogP contribution in [0.25, 0.3) is 0 Å². The first-order valence-electron chi connectivity index (χ1n) is 15.7. The molecule has 1 aliphatic rings. The lowest BCUT2D eigenvalue weighted by Crippen LogP contribution is -2.55. The Morgan fingerprint density at radius 3 is 2.13 bits per heavy atom. The summed E-state index contributed by atoms with van der Waals surface area (Å²) >= 11 is 3.54. The van der Waals surface area contributed by atoms with Crippen LogP contribution in [0.1, 0.15) is 48.8 Å². The molecule has 5 rings (SSSR count). The first kappa shape index (κ1) is 33.4. The van der Waals surface area contributed by atoms with Gasteiger partial charge in [-0.2, -0.15) is 0 Å². The molecule has 0 aromatic heterocycles. The summed E-state index contributed by atoms with van der Waals surface area (Å²) in [4.78, 5) is 30.5. The van der Waals surface area contributed by atoms with E-state index in [1.54, 1.807) is 35.2 Å². The van der Waals surface area contributed by atoms with E-state index >= 15 is 0 Å². The maximum absolute atomic E-state index is 14.7. The first-order chi connectivity index (χ1) is 22.2. The van der Waals surface area contributed by atoms with Crippen molar-refractivity contribution >= 4 is 43.5 Å². The molecular weight excluding hydrogens is 662 g/mol. The van der Waals surface area contributed by atoms with Crippen LogP contribution in [0.3, 0.4) is 0 Å². The largest absolute Gasteiger partial charge is 0.352 e. The Kier molecular flexibility index (Phi) is 11.3. The number of nitrogens with one attached hydrogen (secondary N) is 1. The van der Waals surface area contributed by atoms with Gasteiger partial charge in [0.15, 0.2) is 0 Å². The van der Waals surface area contributed by atoms with Crippen LogP contribution >= 0.6 is 15.9 Å². The molecule has 0 heterocycles. The summed E-state index contributed by atoms with van der Waals surface area (Å²) in [6, 6.07) is 31.7. The highest BCUT2D eigenvalue weighted by atomic mass is 79.9. The summed E-state index contributed by atoms with van der Waals surface area (Å²) in [5, 5.41) is 3.25. The maximum Gasteiger partial charge on any atom is 0.264 e. The first-order valence-corrected chi connectivity index (χ1v) is 18.0. The smallest absolute Gasteiger partial charge is 0.264 e. The van der Waals surface area contributed by atoms with Gasteiger partial charge in [0, 0.05) is 23.5 Å². The molecule has 9 heteroatoms. The second kappa shape index (κ2) is 15.6. The number of para-hydroxylation sites is 1. The van der Waals surface area contributed by atoms with Gasteiger partial charge in [-0.1, -0.05) is 114 Å². The SMILES string of the molecule is Cc1ccccc1N(CC(=O)N(Cc1cccc(Br)c1)C(Cc1ccccc1)C(=O)NC1CCCCC1)S(=O)(=O)c1ccccc1. The van der Waals surface area contributed by atoms with E-state index in [1.165, 1.54) is 16.4 Å².